The number of nitrogens with zero attached hydrogens (tertiary/aromatic N) is 2. The third kappa shape index (κ3) is 2.50. The van der Waals surface area contributed by atoms with Crippen LogP contribution < -0.4 is 5.56 Å². The van der Waals surface area contributed by atoms with Gasteiger partial charge in [-0.05, 0) is 13.3 Å². The van der Waals surface area contributed by atoms with Crippen molar-refractivity contribution in [3.05, 3.63) is 22.1 Å². The Kier molecular flexibility index (Phi) is 3.37. The minimum atomic E-state index is -0.229. The van der Waals surface area contributed by atoms with Gasteiger partial charge in [0.05, 0.1) is 6.20 Å². The van der Waals surface area contributed by atoms with Crippen molar-refractivity contribution in [2.24, 2.45) is 4.99 Å². The van der Waals surface area contributed by atoms with E-state index in [1.165, 1.54) is 0 Å². The maximum Gasteiger partial charge on any atom is 0.290 e. The molecule has 0 saturated carbocycles. The van der Waals surface area contributed by atoms with Crippen LogP contribution >= 0.6 is 0 Å². The van der Waals surface area contributed by atoms with Crippen molar-refractivity contribution < 1.29 is 0 Å². The van der Waals surface area contributed by atoms with Crippen LogP contribution in [-0.4, -0.2) is 16.4 Å². The summed E-state index contributed by atoms with van der Waals surface area (Å²) in [6, 6.07) is 0. The number of hydrogen-bond acceptors (Lipinski definition) is 3. The number of aliphatic imine (C=N–C) groups is 1. The molecular formula is C9H13N3O. The van der Waals surface area contributed by atoms with Gasteiger partial charge in [0.1, 0.15) is 5.69 Å². The lowest BCUT2D eigenvalue weighted by molar-refractivity contribution is 0.968. The molecule has 0 unspecified atom stereocenters. The number of nitrogens with one attached hydrogen (secondary N) is 1. The summed E-state index contributed by atoms with van der Waals surface area (Å²) in [6.45, 7) is 3.89. The molecule has 4 heteroatoms. The monoisotopic (exact) mass is 179 g/mol. The van der Waals surface area contributed by atoms with Gasteiger partial charge in [0.2, 0.25) is 0 Å². The fourth-order valence-electron chi connectivity index (χ4n) is 0.926. The number of hydrogen-bond donors (Lipinski definition) is 1. The van der Waals surface area contributed by atoms with Crippen LogP contribution in [-0.2, 0) is 0 Å². The molecular weight excluding hydrogens is 166 g/mol. The smallest absolute Gasteiger partial charge is 0.266 e. The second-order valence-electron chi connectivity index (χ2n) is 2.83. The average Bonchev–Trinajstić information content (AvgIpc) is 2.10. The number of rotatable bonds is 3. The summed E-state index contributed by atoms with van der Waals surface area (Å²) in [5.41, 5.74) is 1.03. The quantitative estimate of drug-likeness (QED) is 0.716. The number of unbranched alkanes of at least 4 members (excludes halogenated alkanes) is 1. The third-order valence-electron chi connectivity index (χ3n) is 1.65. The van der Waals surface area contributed by atoms with Gasteiger partial charge in [0.15, 0.2) is 0 Å². The molecule has 0 aliphatic carbocycles. The lowest BCUT2D eigenvalue weighted by atomic mass is 10.3. The van der Waals surface area contributed by atoms with Gasteiger partial charge < -0.3 is 0 Å². The SMILES string of the molecule is CCCC=Nc1c(C)cn[nH]c1=O. The number of H-pyrrole nitrogens is 1. The maximum absolute atomic E-state index is 11.2. The van der Waals surface area contributed by atoms with Crippen LogP contribution in [0.3, 0.4) is 0 Å². The van der Waals surface area contributed by atoms with Crippen LogP contribution in [0.4, 0.5) is 5.69 Å². The Bertz CT molecular complexity index is 354. The van der Waals surface area contributed by atoms with E-state index in [1.54, 1.807) is 12.4 Å². The zero-order chi connectivity index (χ0) is 9.68. The minimum absolute atomic E-state index is 0.229. The Balaban J connectivity index is 2.94. The van der Waals surface area contributed by atoms with E-state index in [2.05, 4.69) is 22.1 Å². The molecule has 70 valence electrons. The lowest BCUT2D eigenvalue weighted by Crippen LogP contribution is -2.08. The summed E-state index contributed by atoms with van der Waals surface area (Å²) in [4.78, 5) is 15.3. The first kappa shape index (κ1) is 9.64. The number of aromatic nitrogens is 2. The first-order valence-corrected chi connectivity index (χ1v) is 4.32. The largest absolute Gasteiger partial charge is 0.290 e. The normalized spacial score (nSPS) is 10.9. The first-order chi connectivity index (χ1) is 6.25. The molecule has 0 aromatic carbocycles. The zero-order valence-corrected chi connectivity index (χ0v) is 7.87. The molecule has 1 aromatic heterocycles. The van der Waals surface area contributed by atoms with E-state index >= 15 is 0 Å². The summed E-state index contributed by atoms with van der Waals surface area (Å²) < 4.78 is 0. The van der Waals surface area contributed by atoms with E-state index in [9.17, 15) is 4.79 Å². The molecule has 4 nitrogen and oxygen atoms in total. The molecule has 0 spiro atoms. The molecule has 0 atom stereocenters. The molecule has 1 N–H and O–H groups in total. The fraction of sp³-hybridized carbons (Fsp3) is 0.444. The predicted molar refractivity (Wildman–Crippen MR) is 52.7 cm³/mol. The average molecular weight is 179 g/mol. The second kappa shape index (κ2) is 4.54. The van der Waals surface area contributed by atoms with E-state index in [-0.39, 0.29) is 5.56 Å². The van der Waals surface area contributed by atoms with E-state index < -0.39 is 0 Å². The molecule has 0 fully saturated rings. The van der Waals surface area contributed by atoms with Crippen molar-refractivity contribution in [1.29, 1.82) is 0 Å². The fourth-order valence-corrected chi connectivity index (χ4v) is 0.926. The standard InChI is InChI=1S/C9H13N3O/c1-3-4-5-10-8-7(2)6-11-12-9(8)13/h5-6H,3-4H2,1-2H3,(H,12,13). The molecule has 0 saturated heterocycles. The minimum Gasteiger partial charge on any atom is -0.266 e. The first-order valence-electron chi connectivity index (χ1n) is 4.32. The van der Waals surface area contributed by atoms with Crippen molar-refractivity contribution in [2.75, 3.05) is 0 Å². The van der Waals surface area contributed by atoms with Crippen LogP contribution in [0.1, 0.15) is 25.3 Å². The number of aryl methyl sites for hydroxylation is 1. The van der Waals surface area contributed by atoms with Crippen LogP contribution in [0.15, 0.2) is 16.0 Å². The lowest BCUT2D eigenvalue weighted by Gasteiger charge is -1.95. The molecule has 0 aliphatic heterocycles. The predicted octanol–water partition coefficient (Wildman–Crippen LogP) is 1.58. The van der Waals surface area contributed by atoms with E-state index in [4.69, 9.17) is 0 Å². The van der Waals surface area contributed by atoms with Gasteiger partial charge in [0.25, 0.3) is 5.56 Å². The zero-order valence-electron chi connectivity index (χ0n) is 7.87. The van der Waals surface area contributed by atoms with E-state index in [1.807, 2.05) is 6.92 Å². The molecule has 0 aliphatic rings. The summed E-state index contributed by atoms with van der Waals surface area (Å²) in [6.07, 6.45) is 5.28. The molecule has 1 aromatic rings. The second-order valence-corrected chi connectivity index (χ2v) is 2.83. The van der Waals surface area contributed by atoms with Gasteiger partial charge in [-0.2, -0.15) is 5.10 Å². The molecule has 0 amide bonds. The molecule has 0 radical (unpaired) electrons. The van der Waals surface area contributed by atoms with Gasteiger partial charge >= 0.3 is 0 Å². The Morgan fingerprint density at radius 1 is 1.69 bits per heavy atom. The summed E-state index contributed by atoms with van der Waals surface area (Å²) in [5, 5.41) is 6.01. The summed E-state index contributed by atoms with van der Waals surface area (Å²) in [5.74, 6) is 0. The van der Waals surface area contributed by atoms with E-state index in [0.717, 1.165) is 18.4 Å². The Morgan fingerprint density at radius 2 is 2.46 bits per heavy atom. The van der Waals surface area contributed by atoms with Crippen molar-refractivity contribution in [3.8, 4) is 0 Å². The highest BCUT2D eigenvalue weighted by atomic mass is 16.1. The molecule has 1 rings (SSSR count). The van der Waals surface area contributed by atoms with Crippen molar-refractivity contribution >= 4 is 11.9 Å². The van der Waals surface area contributed by atoms with Crippen LogP contribution in [0.5, 0.6) is 0 Å². The van der Waals surface area contributed by atoms with Crippen LogP contribution in [0.25, 0.3) is 0 Å². The van der Waals surface area contributed by atoms with Crippen molar-refractivity contribution in [2.45, 2.75) is 26.7 Å². The summed E-state index contributed by atoms with van der Waals surface area (Å²) in [7, 11) is 0. The van der Waals surface area contributed by atoms with Crippen LogP contribution in [0.2, 0.25) is 0 Å². The van der Waals surface area contributed by atoms with Gasteiger partial charge in [-0.3, -0.25) is 9.79 Å². The highest BCUT2D eigenvalue weighted by Gasteiger charge is 1.99. The molecule has 13 heavy (non-hydrogen) atoms. The van der Waals surface area contributed by atoms with Gasteiger partial charge in [-0.1, -0.05) is 13.3 Å². The van der Waals surface area contributed by atoms with Gasteiger partial charge in [-0.25, -0.2) is 5.10 Å². The summed E-state index contributed by atoms with van der Waals surface area (Å²) >= 11 is 0. The molecule has 0 bridgehead atoms. The van der Waals surface area contributed by atoms with Crippen molar-refractivity contribution in [3.63, 3.8) is 0 Å². The number of aromatic amines is 1. The molecule has 1 heterocycles. The van der Waals surface area contributed by atoms with E-state index in [0.29, 0.717) is 5.69 Å². The highest BCUT2D eigenvalue weighted by molar-refractivity contribution is 5.63. The topological polar surface area (TPSA) is 58.1 Å². The maximum atomic E-state index is 11.2. The van der Waals surface area contributed by atoms with Gasteiger partial charge in [0, 0.05) is 11.8 Å². The van der Waals surface area contributed by atoms with Crippen molar-refractivity contribution in [1.82, 2.24) is 10.2 Å². The van der Waals surface area contributed by atoms with Gasteiger partial charge in [-0.15, -0.1) is 0 Å². The van der Waals surface area contributed by atoms with Crippen LogP contribution in [0, 0.1) is 6.92 Å². The Labute approximate surface area is 76.7 Å². The third-order valence-corrected chi connectivity index (χ3v) is 1.65. The Morgan fingerprint density at radius 3 is 3.08 bits per heavy atom. The highest BCUT2D eigenvalue weighted by Crippen LogP contribution is 2.08. The Hall–Kier alpha value is -1.45.